The Balaban J connectivity index is 2.78. The first-order valence-electron chi connectivity index (χ1n) is 10.3. The Labute approximate surface area is 179 Å². The van der Waals surface area contributed by atoms with Gasteiger partial charge in [0.1, 0.15) is 6.23 Å². The van der Waals surface area contributed by atoms with Crippen molar-refractivity contribution in [3.63, 3.8) is 0 Å². The van der Waals surface area contributed by atoms with Crippen LogP contribution in [0.5, 0.6) is 0 Å². The Morgan fingerprint density at radius 1 is 1.07 bits per heavy atom. The number of aromatic amines is 2. The molecule has 0 fully saturated rings. The summed E-state index contributed by atoms with van der Waals surface area (Å²) in [5.74, 6) is 1.27. The number of H-pyrrole nitrogens is 2. The summed E-state index contributed by atoms with van der Waals surface area (Å²) in [7, 11) is 0. The number of hydrogen-bond donors (Lipinski definition) is 2. The van der Waals surface area contributed by atoms with Gasteiger partial charge >= 0.3 is 0 Å². The fourth-order valence-corrected chi connectivity index (χ4v) is 3.40. The van der Waals surface area contributed by atoms with Crippen LogP contribution in [0.2, 0.25) is 0 Å². The predicted molar refractivity (Wildman–Crippen MR) is 120 cm³/mol. The fraction of sp³-hybridized carbons (Fsp3) is 0.750. The van der Waals surface area contributed by atoms with Crippen molar-refractivity contribution < 1.29 is 9.47 Å². The van der Waals surface area contributed by atoms with E-state index in [2.05, 4.69) is 40.3 Å². The van der Waals surface area contributed by atoms with Crippen LogP contribution < -0.4 is 4.90 Å². The van der Waals surface area contributed by atoms with Gasteiger partial charge in [-0.25, -0.2) is 0 Å². The number of allylic oxidation sites excluding steroid dienone is 1. The quantitative estimate of drug-likeness (QED) is 0.137. The molecule has 0 spiro atoms. The summed E-state index contributed by atoms with van der Waals surface area (Å²) in [6.07, 6.45) is 10.5. The highest BCUT2D eigenvalue weighted by molar-refractivity contribution is 7.71. The molecule has 0 saturated heterocycles. The minimum atomic E-state index is -0.162. The van der Waals surface area contributed by atoms with Gasteiger partial charge < -0.3 is 24.3 Å². The molecule has 8 heteroatoms. The molecule has 0 aliphatic carbocycles. The normalized spacial score (nSPS) is 12.0. The number of aromatic nitrogens is 3. The molecular weight excluding hydrogens is 392 g/mol. The van der Waals surface area contributed by atoms with E-state index in [0.717, 1.165) is 25.8 Å². The first-order chi connectivity index (χ1) is 13.5. The highest BCUT2D eigenvalue weighted by atomic mass is 32.1. The van der Waals surface area contributed by atoms with E-state index in [-0.39, 0.29) is 13.0 Å². The molecule has 1 aromatic heterocycles. The average molecular weight is 429 g/mol. The van der Waals surface area contributed by atoms with Crippen LogP contribution in [0.4, 0.5) is 5.95 Å². The van der Waals surface area contributed by atoms with E-state index in [1.807, 2.05) is 6.92 Å². The number of nitrogens with zero attached hydrogens (tertiary/aromatic N) is 2. The average Bonchev–Trinajstić information content (AvgIpc) is 2.63. The van der Waals surface area contributed by atoms with Crippen molar-refractivity contribution in [3.8, 4) is 0 Å². The molecule has 1 heterocycles. The largest absolute Gasteiger partial charge is 0.473 e. The van der Waals surface area contributed by atoms with Gasteiger partial charge in [0.25, 0.3) is 0 Å². The van der Waals surface area contributed by atoms with Gasteiger partial charge in [-0.3, -0.25) is 0 Å². The van der Waals surface area contributed by atoms with Gasteiger partial charge in [0.15, 0.2) is 11.6 Å². The summed E-state index contributed by atoms with van der Waals surface area (Å²) in [6, 6.07) is 0. The maximum atomic E-state index is 6.05. The van der Waals surface area contributed by atoms with Crippen LogP contribution in [0.1, 0.15) is 78.6 Å². The molecule has 1 atom stereocenters. The monoisotopic (exact) mass is 428 g/mol. The van der Waals surface area contributed by atoms with E-state index in [1.165, 1.54) is 38.5 Å². The zero-order valence-corrected chi connectivity index (χ0v) is 19.2. The second-order valence-corrected chi connectivity index (χ2v) is 7.80. The third-order valence-corrected chi connectivity index (χ3v) is 4.76. The van der Waals surface area contributed by atoms with Crippen molar-refractivity contribution in [3.05, 3.63) is 21.9 Å². The number of rotatable bonds is 16. The van der Waals surface area contributed by atoms with E-state index in [9.17, 15) is 0 Å². The summed E-state index contributed by atoms with van der Waals surface area (Å²) in [5, 5.41) is 0. The van der Waals surface area contributed by atoms with Crippen LogP contribution in [0.15, 0.2) is 12.3 Å². The smallest absolute Gasteiger partial charge is 0.209 e. The predicted octanol–water partition coefficient (Wildman–Crippen LogP) is 6.40. The maximum absolute atomic E-state index is 6.05. The number of unbranched alkanes of at least 4 members (excludes halogenated alkanes) is 6. The lowest BCUT2D eigenvalue weighted by atomic mass is 10.1. The highest BCUT2D eigenvalue weighted by Gasteiger charge is 2.21. The lowest BCUT2D eigenvalue weighted by Gasteiger charge is -2.32. The molecule has 28 heavy (non-hydrogen) atoms. The molecule has 1 unspecified atom stereocenters. The third kappa shape index (κ3) is 10.3. The van der Waals surface area contributed by atoms with E-state index >= 15 is 0 Å². The summed E-state index contributed by atoms with van der Waals surface area (Å²) < 4.78 is 12.3. The van der Waals surface area contributed by atoms with Gasteiger partial charge in [-0.05, 0) is 50.6 Å². The molecule has 0 amide bonds. The van der Waals surface area contributed by atoms with Gasteiger partial charge in [0.05, 0.1) is 5.76 Å². The Kier molecular flexibility index (Phi) is 13.0. The Morgan fingerprint density at radius 2 is 1.75 bits per heavy atom. The standard InChI is InChI=1S/C20H36N4O2S2/c1-5-7-8-9-10-11-12-13-17(26-15-25-16(3)4)24(14-6-2)18-21-19(27)23-20(28)22-18/h17H,3,5-15H2,1-2,4H3,(H2,21,22,23,27,28). The summed E-state index contributed by atoms with van der Waals surface area (Å²) in [5.41, 5.74) is 0. The number of anilines is 1. The van der Waals surface area contributed by atoms with Crippen LogP contribution in [0, 0.1) is 9.54 Å². The SMILES string of the molecule is C=C(C)OCOC(CCCCCCCCC)N(CCC)c1nc(=S)[nH]c(=S)[nH]1. The van der Waals surface area contributed by atoms with Crippen LogP contribution in [0.25, 0.3) is 0 Å². The summed E-state index contributed by atoms with van der Waals surface area (Å²) in [4.78, 5) is 12.5. The van der Waals surface area contributed by atoms with E-state index in [4.69, 9.17) is 33.9 Å². The molecule has 0 aliphatic rings. The molecule has 0 radical (unpaired) electrons. The third-order valence-electron chi connectivity index (χ3n) is 4.36. The first kappa shape index (κ1) is 24.8. The molecule has 0 aromatic carbocycles. The van der Waals surface area contributed by atoms with Crippen molar-refractivity contribution in [1.82, 2.24) is 15.0 Å². The summed E-state index contributed by atoms with van der Waals surface area (Å²) in [6.45, 7) is 10.9. The maximum Gasteiger partial charge on any atom is 0.209 e. The molecule has 1 aromatic rings. The van der Waals surface area contributed by atoms with E-state index in [1.54, 1.807) is 0 Å². The van der Waals surface area contributed by atoms with Crippen molar-refractivity contribution in [1.29, 1.82) is 0 Å². The van der Waals surface area contributed by atoms with Gasteiger partial charge in [0, 0.05) is 6.54 Å². The zero-order valence-electron chi connectivity index (χ0n) is 17.6. The molecule has 0 bridgehead atoms. The van der Waals surface area contributed by atoms with Crippen LogP contribution in [0.3, 0.4) is 0 Å². The lowest BCUT2D eigenvalue weighted by Crippen LogP contribution is -2.40. The molecule has 1 rings (SSSR count). The lowest BCUT2D eigenvalue weighted by molar-refractivity contribution is -0.0692. The highest BCUT2D eigenvalue weighted by Crippen LogP contribution is 2.19. The topological polar surface area (TPSA) is 66.2 Å². The molecule has 6 nitrogen and oxygen atoms in total. The summed E-state index contributed by atoms with van der Waals surface area (Å²) >= 11 is 10.4. The number of nitrogens with one attached hydrogen (secondary N) is 2. The number of ether oxygens (including phenoxy) is 2. The van der Waals surface area contributed by atoms with Crippen molar-refractivity contribution >= 4 is 30.4 Å². The molecule has 2 N–H and O–H groups in total. The molecule has 0 saturated carbocycles. The zero-order chi connectivity index (χ0) is 20.8. The van der Waals surface area contributed by atoms with Crippen LogP contribution in [-0.2, 0) is 9.47 Å². The van der Waals surface area contributed by atoms with Crippen molar-refractivity contribution in [2.45, 2.75) is 84.8 Å². The van der Waals surface area contributed by atoms with E-state index < -0.39 is 0 Å². The van der Waals surface area contributed by atoms with Gasteiger partial charge in [0.2, 0.25) is 10.7 Å². The fourth-order valence-electron chi connectivity index (χ4n) is 2.96. The Bertz CT molecular complexity index is 646. The Hall–Kier alpha value is -1.25. The van der Waals surface area contributed by atoms with Crippen LogP contribution in [-0.4, -0.2) is 34.5 Å². The van der Waals surface area contributed by atoms with Gasteiger partial charge in [-0.15, -0.1) is 0 Å². The van der Waals surface area contributed by atoms with Gasteiger partial charge in [-0.1, -0.05) is 59.0 Å². The second kappa shape index (κ2) is 14.7. The van der Waals surface area contributed by atoms with Gasteiger partial charge in [-0.2, -0.15) is 4.98 Å². The molecule has 0 aliphatic heterocycles. The number of hydrogen-bond acceptors (Lipinski definition) is 6. The minimum Gasteiger partial charge on any atom is -0.473 e. The van der Waals surface area contributed by atoms with Crippen LogP contribution >= 0.6 is 24.4 Å². The van der Waals surface area contributed by atoms with Crippen molar-refractivity contribution in [2.24, 2.45) is 0 Å². The second-order valence-electron chi connectivity index (χ2n) is 7.01. The Morgan fingerprint density at radius 3 is 2.36 bits per heavy atom. The minimum absolute atomic E-state index is 0.162. The van der Waals surface area contributed by atoms with E-state index in [0.29, 0.717) is 21.2 Å². The molecule has 160 valence electrons. The molecular formula is C20H36N4O2S2. The first-order valence-corrected chi connectivity index (χ1v) is 11.2. The van der Waals surface area contributed by atoms with Crippen molar-refractivity contribution in [2.75, 3.05) is 18.2 Å².